The largest absolute Gasteiger partial charge is 0.494 e. The van der Waals surface area contributed by atoms with Crippen molar-refractivity contribution in [3.63, 3.8) is 0 Å². The summed E-state index contributed by atoms with van der Waals surface area (Å²) in [6.45, 7) is 0. The molecular formula is C12H10Cl2N2O3S. The fourth-order valence-corrected chi connectivity index (χ4v) is 3.47. The van der Waals surface area contributed by atoms with Crippen molar-refractivity contribution in [2.75, 3.05) is 11.8 Å². The summed E-state index contributed by atoms with van der Waals surface area (Å²) in [6.07, 6.45) is 1.47. The standard InChI is InChI=1S/C12H10Cl2N2O3S/c1-19-12-9(14)6-8(13)7-10(12)20(17,18)16-11-4-2-3-5-15-11/h2-7H,1H3,(H,15,16). The van der Waals surface area contributed by atoms with Crippen LogP contribution in [-0.2, 0) is 10.0 Å². The van der Waals surface area contributed by atoms with Gasteiger partial charge in [0, 0.05) is 11.2 Å². The zero-order valence-electron chi connectivity index (χ0n) is 10.3. The highest BCUT2D eigenvalue weighted by Crippen LogP contribution is 2.35. The van der Waals surface area contributed by atoms with E-state index in [2.05, 4.69) is 9.71 Å². The van der Waals surface area contributed by atoms with Gasteiger partial charge in [-0.1, -0.05) is 29.3 Å². The van der Waals surface area contributed by atoms with Crippen LogP contribution in [0.25, 0.3) is 0 Å². The predicted octanol–water partition coefficient (Wildman–Crippen LogP) is 3.20. The van der Waals surface area contributed by atoms with Crippen LogP contribution in [0.2, 0.25) is 10.0 Å². The molecule has 1 aromatic carbocycles. The predicted molar refractivity (Wildman–Crippen MR) is 78.1 cm³/mol. The molecule has 106 valence electrons. The maximum absolute atomic E-state index is 12.3. The van der Waals surface area contributed by atoms with Gasteiger partial charge in [-0.3, -0.25) is 4.72 Å². The van der Waals surface area contributed by atoms with E-state index in [1.54, 1.807) is 12.1 Å². The first-order chi connectivity index (χ1) is 9.44. The van der Waals surface area contributed by atoms with Gasteiger partial charge in [0.05, 0.1) is 12.1 Å². The summed E-state index contributed by atoms with van der Waals surface area (Å²) in [7, 11) is -2.58. The lowest BCUT2D eigenvalue weighted by molar-refractivity contribution is 0.403. The van der Waals surface area contributed by atoms with E-state index in [0.29, 0.717) is 0 Å². The number of hydrogen-bond donors (Lipinski definition) is 1. The van der Waals surface area contributed by atoms with E-state index in [0.717, 1.165) is 0 Å². The average molecular weight is 333 g/mol. The quantitative estimate of drug-likeness (QED) is 0.933. The van der Waals surface area contributed by atoms with Crippen LogP contribution < -0.4 is 9.46 Å². The van der Waals surface area contributed by atoms with Crippen LogP contribution in [0.3, 0.4) is 0 Å². The second-order valence-corrected chi connectivity index (χ2v) is 6.23. The molecule has 0 aliphatic heterocycles. The van der Waals surface area contributed by atoms with E-state index in [9.17, 15) is 8.42 Å². The lowest BCUT2D eigenvalue weighted by atomic mass is 10.3. The smallest absolute Gasteiger partial charge is 0.266 e. The number of ether oxygens (including phenoxy) is 1. The van der Waals surface area contributed by atoms with Crippen molar-refractivity contribution in [1.82, 2.24) is 4.98 Å². The third-order valence-electron chi connectivity index (χ3n) is 2.37. The van der Waals surface area contributed by atoms with Crippen molar-refractivity contribution >= 4 is 39.0 Å². The first-order valence-corrected chi connectivity index (χ1v) is 7.65. The third kappa shape index (κ3) is 3.15. The number of halogens is 2. The summed E-state index contributed by atoms with van der Waals surface area (Å²) < 4.78 is 32.0. The van der Waals surface area contributed by atoms with Gasteiger partial charge in [0.2, 0.25) is 0 Å². The lowest BCUT2D eigenvalue weighted by Gasteiger charge is -2.12. The minimum Gasteiger partial charge on any atom is -0.494 e. The van der Waals surface area contributed by atoms with Crippen molar-refractivity contribution in [3.05, 3.63) is 46.6 Å². The molecule has 0 aliphatic carbocycles. The van der Waals surface area contributed by atoms with Crippen LogP contribution >= 0.6 is 23.2 Å². The summed E-state index contributed by atoms with van der Waals surface area (Å²) >= 11 is 11.8. The molecule has 0 aliphatic rings. The molecule has 0 bridgehead atoms. The number of benzene rings is 1. The molecule has 20 heavy (non-hydrogen) atoms. The summed E-state index contributed by atoms with van der Waals surface area (Å²) in [4.78, 5) is 3.74. The van der Waals surface area contributed by atoms with E-state index in [-0.39, 0.29) is 26.5 Å². The van der Waals surface area contributed by atoms with Crippen LogP contribution in [0, 0.1) is 0 Å². The molecule has 0 unspecified atom stereocenters. The second-order valence-electron chi connectivity index (χ2n) is 3.74. The number of aromatic nitrogens is 1. The van der Waals surface area contributed by atoms with Gasteiger partial charge in [-0.2, -0.15) is 0 Å². The van der Waals surface area contributed by atoms with Crippen molar-refractivity contribution in [2.45, 2.75) is 4.90 Å². The monoisotopic (exact) mass is 332 g/mol. The molecular weight excluding hydrogens is 323 g/mol. The van der Waals surface area contributed by atoms with Gasteiger partial charge in [0.25, 0.3) is 10.0 Å². The zero-order chi connectivity index (χ0) is 14.8. The lowest BCUT2D eigenvalue weighted by Crippen LogP contribution is -2.15. The summed E-state index contributed by atoms with van der Waals surface area (Å²) in [5.41, 5.74) is 0. The van der Waals surface area contributed by atoms with Crippen molar-refractivity contribution in [3.8, 4) is 5.75 Å². The Balaban J connectivity index is 2.49. The molecule has 0 spiro atoms. The fraction of sp³-hybridized carbons (Fsp3) is 0.0833. The molecule has 0 atom stereocenters. The SMILES string of the molecule is COc1c(Cl)cc(Cl)cc1S(=O)(=O)Nc1ccccn1. The molecule has 8 heteroatoms. The Morgan fingerprint density at radius 3 is 2.60 bits per heavy atom. The molecule has 1 aromatic heterocycles. The Bertz CT molecular complexity index is 721. The van der Waals surface area contributed by atoms with Crippen LogP contribution in [0.1, 0.15) is 0 Å². The number of hydrogen-bond acceptors (Lipinski definition) is 4. The van der Waals surface area contributed by atoms with Crippen LogP contribution in [0.4, 0.5) is 5.82 Å². The van der Waals surface area contributed by atoms with Gasteiger partial charge >= 0.3 is 0 Å². The van der Waals surface area contributed by atoms with Gasteiger partial charge in [-0.25, -0.2) is 13.4 Å². The van der Waals surface area contributed by atoms with Crippen LogP contribution in [0.15, 0.2) is 41.4 Å². The highest BCUT2D eigenvalue weighted by atomic mass is 35.5. The Kier molecular flexibility index (Phi) is 4.37. The number of rotatable bonds is 4. The summed E-state index contributed by atoms with van der Waals surface area (Å²) in [5.74, 6) is 0.213. The number of sulfonamides is 1. The number of pyridine rings is 1. The molecule has 0 amide bonds. The first kappa shape index (κ1) is 14.9. The minimum absolute atomic E-state index is 0.0273. The highest BCUT2D eigenvalue weighted by Gasteiger charge is 2.23. The van der Waals surface area contributed by atoms with Gasteiger partial charge < -0.3 is 4.74 Å². The number of methoxy groups -OCH3 is 1. The fourth-order valence-electron chi connectivity index (χ4n) is 1.55. The summed E-state index contributed by atoms with van der Waals surface area (Å²) in [5, 5.41) is 0.304. The Labute approximate surface area is 126 Å². The number of nitrogens with one attached hydrogen (secondary N) is 1. The molecule has 0 fully saturated rings. The Hall–Kier alpha value is -1.50. The second kappa shape index (κ2) is 5.87. The molecule has 0 radical (unpaired) electrons. The topological polar surface area (TPSA) is 68.3 Å². The van der Waals surface area contributed by atoms with Gasteiger partial charge in [0.1, 0.15) is 10.7 Å². The highest BCUT2D eigenvalue weighted by molar-refractivity contribution is 7.92. The van der Waals surface area contributed by atoms with E-state index in [1.165, 1.54) is 31.5 Å². The number of nitrogens with zero attached hydrogens (tertiary/aromatic N) is 1. The van der Waals surface area contributed by atoms with E-state index in [1.807, 2.05) is 0 Å². The maximum Gasteiger partial charge on any atom is 0.266 e. The number of anilines is 1. The molecule has 0 saturated heterocycles. The summed E-state index contributed by atoms with van der Waals surface area (Å²) in [6, 6.07) is 7.52. The van der Waals surface area contributed by atoms with Gasteiger partial charge in [0.15, 0.2) is 5.75 Å². The van der Waals surface area contributed by atoms with E-state index >= 15 is 0 Å². The first-order valence-electron chi connectivity index (χ1n) is 5.41. The third-order valence-corrected chi connectivity index (χ3v) is 4.23. The average Bonchev–Trinajstić information content (AvgIpc) is 2.38. The van der Waals surface area contributed by atoms with E-state index in [4.69, 9.17) is 27.9 Å². The van der Waals surface area contributed by atoms with Gasteiger partial charge in [-0.15, -0.1) is 0 Å². The molecule has 1 heterocycles. The minimum atomic E-state index is -3.91. The molecule has 2 aromatic rings. The van der Waals surface area contributed by atoms with Crippen molar-refractivity contribution in [1.29, 1.82) is 0 Å². The normalized spacial score (nSPS) is 11.2. The maximum atomic E-state index is 12.3. The van der Waals surface area contributed by atoms with Crippen LogP contribution in [0.5, 0.6) is 5.75 Å². The molecule has 2 rings (SSSR count). The van der Waals surface area contributed by atoms with Crippen molar-refractivity contribution < 1.29 is 13.2 Å². The molecule has 0 saturated carbocycles. The molecule has 5 nitrogen and oxygen atoms in total. The van der Waals surface area contributed by atoms with Gasteiger partial charge in [-0.05, 0) is 24.3 Å². The zero-order valence-corrected chi connectivity index (χ0v) is 12.6. The molecule has 1 N–H and O–H groups in total. The Morgan fingerprint density at radius 1 is 1.25 bits per heavy atom. The van der Waals surface area contributed by atoms with E-state index < -0.39 is 10.0 Å². The van der Waals surface area contributed by atoms with Crippen LogP contribution in [-0.4, -0.2) is 20.5 Å². The van der Waals surface area contributed by atoms with Crippen molar-refractivity contribution in [2.24, 2.45) is 0 Å². The Morgan fingerprint density at radius 2 is 2.00 bits per heavy atom.